The highest BCUT2D eigenvalue weighted by Gasteiger charge is 2.22. The number of amides is 1. The van der Waals surface area contributed by atoms with E-state index in [1.54, 1.807) is 0 Å². The molecule has 1 unspecified atom stereocenters. The molecule has 4 nitrogen and oxygen atoms in total. The lowest BCUT2D eigenvalue weighted by atomic mass is 10.1. The quantitative estimate of drug-likeness (QED) is 0.792. The third kappa shape index (κ3) is 4.72. The molecule has 2 aliphatic rings. The molecule has 22 heavy (non-hydrogen) atoms. The van der Waals surface area contributed by atoms with Crippen molar-refractivity contribution >= 4 is 12.1 Å². The highest BCUT2D eigenvalue weighted by Crippen LogP contribution is 2.17. The van der Waals surface area contributed by atoms with Gasteiger partial charge in [0.2, 0.25) is 0 Å². The SMILES string of the molecule is CCCCCCN1CCCNC2=C(\N=C/CC(C)/C=C\2)C1=O. The fourth-order valence-corrected chi connectivity index (χ4v) is 2.80. The summed E-state index contributed by atoms with van der Waals surface area (Å²) < 4.78 is 0. The molecule has 0 aromatic heterocycles. The predicted molar refractivity (Wildman–Crippen MR) is 91.8 cm³/mol. The first kappa shape index (κ1) is 16.8. The molecule has 2 aliphatic heterocycles. The van der Waals surface area contributed by atoms with Crippen LogP contribution < -0.4 is 5.32 Å². The summed E-state index contributed by atoms with van der Waals surface area (Å²) in [6, 6.07) is 0. The zero-order valence-electron chi connectivity index (χ0n) is 14.0. The number of hydrogen-bond donors (Lipinski definition) is 1. The molecule has 0 saturated carbocycles. The molecule has 1 amide bonds. The number of allylic oxidation sites excluding steroid dienone is 2. The molecule has 0 aromatic carbocycles. The highest BCUT2D eigenvalue weighted by molar-refractivity contribution is 5.95. The molecule has 122 valence electrons. The van der Waals surface area contributed by atoms with E-state index in [0.29, 0.717) is 11.6 Å². The van der Waals surface area contributed by atoms with Gasteiger partial charge in [0.1, 0.15) is 0 Å². The van der Waals surface area contributed by atoms with E-state index in [-0.39, 0.29) is 5.91 Å². The highest BCUT2D eigenvalue weighted by atomic mass is 16.2. The second kappa shape index (κ2) is 8.76. The van der Waals surface area contributed by atoms with Crippen LogP contribution in [0.3, 0.4) is 0 Å². The van der Waals surface area contributed by atoms with E-state index < -0.39 is 0 Å². The predicted octanol–water partition coefficient (Wildman–Crippen LogP) is 3.27. The molecule has 0 fully saturated rings. The van der Waals surface area contributed by atoms with Gasteiger partial charge < -0.3 is 10.2 Å². The molecule has 0 saturated heterocycles. The average molecular weight is 303 g/mol. The first-order valence-corrected chi connectivity index (χ1v) is 8.70. The molecule has 0 aliphatic carbocycles. The maximum atomic E-state index is 12.8. The van der Waals surface area contributed by atoms with Gasteiger partial charge in [-0.05, 0) is 31.3 Å². The summed E-state index contributed by atoms with van der Waals surface area (Å²) in [6.45, 7) is 6.95. The van der Waals surface area contributed by atoms with Crippen LogP contribution in [0.1, 0.15) is 52.4 Å². The Kier molecular flexibility index (Phi) is 6.69. The lowest BCUT2D eigenvalue weighted by Crippen LogP contribution is -2.38. The average Bonchev–Trinajstić information content (AvgIpc) is 2.49. The Labute approximate surface area is 134 Å². The van der Waals surface area contributed by atoms with Gasteiger partial charge >= 0.3 is 0 Å². The van der Waals surface area contributed by atoms with Gasteiger partial charge in [-0.2, -0.15) is 0 Å². The van der Waals surface area contributed by atoms with Crippen LogP contribution in [0.2, 0.25) is 0 Å². The van der Waals surface area contributed by atoms with Crippen LogP contribution in [0, 0.1) is 5.92 Å². The molecular weight excluding hydrogens is 274 g/mol. The van der Waals surface area contributed by atoms with Crippen molar-refractivity contribution in [3.63, 3.8) is 0 Å². The molecule has 4 heteroatoms. The summed E-state index contributed by atoms with van der Waals surface area (Å²) in [7, 11) is 0. The standard InChI is InChI=1S/C18H29N3O/c1-3-4-5-6-13-21-14-7-11-19-16-9-8-15(2)10-12-20-17(16)18(21)22/h8-9,12,15,19H,3-7,10-11,13-14H2,1-2H3/b9-8-,17-16-,20-12-. The maximum Gasteiger partial charge on any atom is 0.274 e. The molecule has 0 bridgehead atoms. The summed E-state index contributed by atoms with van der Waals surface area (Å²) in [5.41, 5.74) is 1.46. The molecular formula is C18H29N3O. The largest absolute Gasteiger partial charge is 0.383 e. The minimum absolute atomic E-state index is 0.0779. The topological polar surface area (TPSA) is 44.7 Å². The van der Waals surface area contributed by atoms with Gasteiger partial charge in [-0.15, -0.1) is 0 Å². The van der Waals surface area contributed by atoms with Crippen molar-refractivity contribution < 1.29 is 4.79 Å². The molecule has 0 spiro atoms. The third-order valence-electron chi connectivity index (χ3n) is 4.24. The van der Waals surface area contributed by atoms with Crippen LogP contribution in [0.25, 0.3) is 0 Å². The summed E-state index contributed by atoms with van der Waals surface area (Å²) in [6.07, 6.45) is 12.7. The summed E-state index contributed by atoms with van der Waals surface area (Å²) in [4.78, 5) is 19.3. The van der Waals surface area contributed by atoms with Gasteiger partial charge in [0, 0.05) is 25.8 Å². The van der Waals surface area contributed by atoms with E-state index >= 15 is 0 Å². The number of nitrogens with one attached hydrogen (secondary N) is 1. The van der Waals surface area contributed by atoms with Gasteiger partial charge in [-0.3, -0.25) is 9.79 Å². The molecule has 0 aromatic rings. The van der Waals surface area contributed by atoms with Gasteiger partial charge in [0.25, 0.3) is 5.91 Å². The van der Waals surface area contributed by atoms with E-state index in [2.05, 4.69) is 30.2 Å². The van der Waals surface area contributed by atoms with Gasteiger partial charge in [0.15, 0.2) is 5.70 Å². The molecule has 0 radical (unpaired) electrons. The number of carbonyl (C=O) groups excluding carboxylic acids is 1. The molecule has 1 atom stereocenters. The van der Waals surface area contributed by atoms with Gasteiger partial charge in [0.05, 0.1) is 5.70 Å². The minimum atomic E-state index is 0.0779. The lowest BCUT2D eigenvalue weighted by Gasteiger charge is -2.27. The Balaban J connectivity index is 2.12. The van der Waals surface area contributed by atoms with Crippen LogP contribution in [0.15, 0.2) is 28.5 Å². The number of nitrogens with zero attached hydrogens (tertiary/aromatic N) is 2. The second-order valence-electron chi connectivity index (χ2n) is 6.28. The maximum absolute atomic E-state index is 12.8. The number of unbranched alkanes of at least 4 members (excludes halogenated alkanes) is 3. The number of carbonyl (C=O) groups is 1. The van der Waals surface area contributed by atoms with Crippen LogP contribution in [-0.4, -0.2) is 36.7 Å². The zero-order valence-corrected chi connectivity index (χ0v) is 14.0. The van der Waals surface area contributed by atoms with Crippen molar-refractivity contribution in [3.05, 3.63) is 23.5 Å². The number of aliphatic imine (C=N–C) groups is 1. The molecule has 2 heterocycles. The van der Waals surface area contributed by atoms with Crippen molar-refractivity contribution in [2.75, 3.05) is 19.6 Å². The van der Waals surface area contributed by atoms with E-state index in [4.69, 9.17) is 0 Å². The first-order valence-electron chi connectivity index (χ1n) is 8.70. The van der Waals surface area contributed by atoms with Crippen molar-refractivity contribution in [2.45, 2.75) is 52.4 Å². The van der Waals surface area contributed by atoms with Gasteiger partial charge in [-0.1, -0.05) is 39.2 Å². The Morgan fingerprint density at radius 2 is 2.23 bits per heavy atom. The Morgan fingerprint density at radius 3 is 3.05 bits per heavy atom. The van der Waals surface area contributed by atoms with Crippen molar-refractivity contribution in [3.8, 4) is 0 Å². The van der Waals surface area contributed by atoms with E-state index in [0.717, 1.165) is 44.6 Å². The summed E-state index contributed by atoms with van der Waals surface area (Å²) >= 11 is 0. The van der Waals surface area contributed by atoms with E-state index in [9.17, 15) is 4.79 Å². The summed E-state index contributed by atoms with van der Waals surface area (Å²) in [5, 5.41) is 3.37. The van der Waals surface area contributed by atoms with Crippen LogP contribution in [0.4, 0.5) is 0 Å². The Morgan fingerprint density at radius 1 is 1.36 bits per heavy atom. The van der Waals surface area contributed by atoms with Crippen molar-refractivity contribution in [2.24, 2.45) is 10.9 Å². The molecule has 1 N–H and O–H groups in total. The fourth-order valence-electron chi connectivity index (χ4n) is 2.80. The van der Waals surface area contributed by atoms with Crippen molar-refractivity contribution in [1.29, 1.82) is 0 Å². The van der Waals surface area contributed by atoms with Crippen LogP contribution in [0.5, 0.6) is 0 Å². The van der Waals surface area contributed by atoms with Crippen molar-refractivity contribution in [1.82, 2.24) is 10.2 Å². The zero-order chi connectivity index (χ0) is 15.8. The smallest absolute Gasteiger partial charge is 0.274 e. The molecule has 2 rings (SSSR count). The second-order valence-corrected chi connectivity index (χ2v) is 6.28. The number of hydrogen-bond acceptors (Lipinski definition) is 3. The fraction of sp³-hybridized carbons (Fsp3) is 0.667. The third-order valence-corrected chi connectivity index (χ3v) is 4.24. The van der Waals surface area contributed by atoms with Crippen LogP contribution in [-0.2, 0) is 4.79 Å². The minimum Gasteiger partial charge on any atom is -0.383 e. The number of rotatable bonds is 5. The van der Waals surface area contributed by atoms with Gasteiger partial charge in [-0.25, -0.2) is 0 Å². The monoisotopic (exact) mass is 303 g/mol. The first-order chi connectivity index (χ1) is 10.7. The van der Waals surface area contributed by atoms with E-state index in [1.165, 1.54) is 19.3 Å². The summed E-state index contributed by atoms with van der Waals surface area (Å²) in [5.74, 6) is 0.541. The normalized spacial score (nSPS) is 28.7. The Bertz CT molecular complexity index is 465. The lowest BCUT2D eigenvalue weighted by molar-refractivity contribution is -0.127. The van der Waals surface area contributed by atoms with E-state index in [1.807, 2.05) is 17.2 Å². The van der Waals surface area contributed by atoms with Crippen LogP contribution >= 0.6 is 0 Å². The Hall–Kier alpha value is -1.58.